The minimum absolute atomic E-state index is 0.346. The molecule has 0 unspecified atom stereocenters. The first-order valence-corrected chi connectivity index (χ1v) is 7.62. The lowest BCUT2D eigenvalue weighted by Gasteiger charge is -2.09. The van der Waals surface area contributed by atoms with Gasteiger partial charge in [0.25, 0.3) is 5.89 Å². The highest BCUT2D eigenvalue weighted by molar-refractivity contribution is 6.30. The van der Waals surface area contributed by atoms with E-state index in [4.69, 9.17) is 25.5 Å². The topological polar surface area (TPSA) is 69.4 Å². The number of nitrogens with one attached hydrogen (secondary N) is 1. The van der Waals surface area contributed by atoms with E-state index in [0.717, 1.165) is 11.3 Å². The molecule has 3 rings (SSSR count). The molecule has 1 aromatic heterocycles. The summed E-state index contributed by atoms with van der Waals surface area (Å²) in [5.74, 6) is 2.21. The fraction of sp³-hybridized carbons (Fsp3) is 0.176. The third-order valence-electron chi connectivity index (χ3n) is 3.40. The molecule has 0 saturated heterocycles. The van der Waals surface area contributed by atoms with E-state index in [2.05, 4.69) is 15.5 Å². The molecule has 1 heterocycles. The van der Waals surface area contributed by atoms with Gasteiger partial charge in [0.2, 0.25) is 5.89 Å². The van der Waals surface area contributed by atoms with Crippen molar-refractivity contribution in [3.05, 3.63) is 53.4 Å². The zero-order valence-electron chi connectivity index (χ0n) is 13.2. The fourth-order valence-electron chi connectivity index (χ4n) is 2.24. The quantitative estimate of drug-likeness (QED) is 0.727. The zero-order valence-corrected chi connectivity index (χ0v) is 14.0. The first-order chi connectivity index (χ1) is 11.7. The molecule has 0 aliphatic carbocycles. The van der Waals surface area contributed by atoms with Crippen LogP contribution in [0.4, 0.5) is 5.69 Å². The highest BCUT2D eigenvalue weighted by Gasteiger charge is 2.13. The standard InChI is InChI=1S/C17H16ClN3O3/c1-22-14-6-4-3-5-12(14)17-21-20-16(24-17)10-19-13-9-11(18)7-8-15(13)23-2/h3-9,19H,10H2,1-2H3. The van der Waals surface area contributed by atoms with Crippen molar-refractivity contribution in [2.75, 3.05) is 19.5 Å². The van der Waals surface area contributed by atoms with Crippen LogP contribution < -0.4 is 14.8 Å². The van der Waals surface area contributed by atoms with Crippen molar-refractivity contribution in [1.29, 1.82) is 0 Å². The summed E-state index contributed by atoms with van der Waals surface area (Å²) in [6, 6.07) is 12.8. The Morgan fingerprint density at radius 2 is 1.83 bits per heavy atom. The van der Waals surface area contributed by atoms with Crippen molar-refractivity contribution in [3.63, 3.8) is 0 Å². The number of anilines is 1. The Balaban J connectivity index is 1.76. The second-order valence-corrected chi connectivity index (χ2v) is 5.34. The van der Waals surface area contributed by atoms with Crippen LogP contribution in [-0.2, 0) is 6.54 Å². The van der Waals surface area contributed by atoms with E-state index in [1.54, 1.807) is 32.4 Å². The molecular weight excluding hydrogens is 330 g/mol. The molecule has 7 heteroatoms. The van der Waals surface area contributed by atoms with Gasteiger partial charge >= 0.3 is 0 Å². The van der Waals surface area contributed by atoms with E-state index in [1.165, 1.54) is 0 Å². The molecule has 0 fully saturated rings. The number of hydrogen-bond donors (Lipinski definition) is 1. The molecule has 0 bridgehead atoms. The number of para-hydroxylation sites is 1. The Kier molecular flexibility index (Phi) is 4.86. The van der Waals surface area contributed by atoms with Crippen LogP contribution in [0, 0.1) is 0 Å². The maximum Gasteiger partial charge on any atom is 0.251 e. The van der Waals surface area contributed by atoms with Crippen LogP contribution in [-0.4, -0.2) is 24.4 Å². The molecule has 0 saturated carbocycles. The van der Waals surface area contributed by atoms with Crippen LogP contribution in [0.3, 0.4) is 0 Å². The van der Waals surface area contributed by atoms with E-state index < -0.39 is 0 Å². The number of aromatic nitrogens is 2. The predicted molar refractivity (Wildman–Crippen MR) is 91.6 cm³/mol. The van der Waals surface area contributed by atoms with Crippen LogP contribution in [0.2, 0.25) is 5.02 Å². The van der Waals surface area contributed by atoms with Crippen LogP contribution >= 0.6 is 11.6 Å². The van der Waals surface area contributed by atoms with Gasteiger partial charge in [-0.25, -0.2) is 0 Å². The minimum Gasteiger partial charge on any atom is -0.496 e. The van der Waals surface area contributed by atoms with Crippen molar-refractivity contribution in [1.82, 2.24) is 10.2 Å². The van der Waals surface area contributed by atoms with Crippen LogP contribution in [0.15, 0.2) is 46.9 Å². The SMILES string of the molecule is COc1ccc(Cl)cc1NCc1nnc(-c2ccccc2OC)o1. The molecule has 0 aliphatic heterocycles. The summed E-state index contributed by atoms with van der Waals surface area (Å²) in [6.45, 7) is 0.346. The summed E-state index contributed by atoms with van der Waals surface area (Å²) >= 11 is 6.01. The molecule has 6 nitrogen and oxygen atoms in total. The number of halogens is 1. The third kappa shape index (κ3) is 3.44. The van der Waals surface area contributed by atoms with Gasteiger partial charge in [0, 0.05) is 5.02 Å². The molecule has 1 N–H and O–H groups in total. The second kappa shape index (κ2) is 7.23. The lowest BCUT2D eigenvalue weighted by atomic mass is 10.2. The highest BCUT2D eigenvalue weighted by Crippen LogP contribution is 2.30. The van der Waals surface area contributed by atoms with E-state index >= 15 is 0 Å². The Labute approximate surface area is 144 Å². The van der Waals surface area contributed by atoms with E-state index in [1.807, 2.05) is 24.3 Å². The molecule has 124 valence electrons. The third-order valence-corrected chi connectivity index (χ3v) is 3.63. The summed E-state index contributed by atoms with van der Waals surface area (Å²) < 4.78 is 16.3. The van der Waals surface area contributed by atoms with Crippen molar-refractivity contribution >= 4 is 17.3 Å². The minimum atomic E-state index is 0.346. The van der Waals surface area contributed by atoms with E-state index in [0.29, 0.717) is 34.8 Å². The number of rotatable bonds is 6. The van der Waals surface area contributed by atoms with Gasteiger partial charge in [0.15, 0.2) is 0 Å². The number of benzene rings is 2. The number of ether oxygens (including phenoxy) is 2. The molecule has 0 spiro atoms. The summed E-state index contributed by atoms with van der Waals surface area (Å²) in [5, 5.41) is 11.9. The van der Waals surface area contributed by atoms with Crippen molar-refractivity contribution in [2.45, 2.75) is 6.54 Å². The van der Waals surface area contributed by atoms with Gasteiger partial charge in [0.05, 0.1) is 32.0 Å². The van der Waals surface area contributed by atoms with Gasteiger partial charge in [-0.3, -0.25) is 0 Å². The normalized spacial score (nSPS) is 10.5. The first kappa shape index (κ1) is 16.1. The van der Waals surface area contributed by atoms with Crippen molar-refractivity contribution in [2.24, 2.45) is 0 Å². The fourth-order valence-corrected chi connectivity index (χ4v) is 2.42. The Hall–Kier alpha value is -2.73. The van der Waals surface area contributed by atoms with Gasteiger partial charge in [0.1, 0.15) is 11.5 Å². The smallest absolute Gasteiger partial charge is 0.251 e. The van der Waals surface area contributed by atoms with Crippen LogP contribution in [0.1, 0.15) is 5.89 Å². The summed E-state index contributed by atoms with van der Waals surface area (Å²) in [6.07, 6.45) is 0. The second-order valence-electron chi connectivity index (χ2n) is 4.90. The first-order valence-electron chi connectivity index (χ1n) is 7.24. The molecule has 0 aliphatic rings. The molecule has 3 aromatic rings. The van der Waals surface area contributed by atoms with Gasteiger partial charge < -0.3 is 19.2 Å². The predicted octanol–water partition coefficient (Wildman–Crippen LogP) is 4.02. The van der Waals surface area contributed by atoms with Crippen molar-refractivity contribution in [3.8, 4) is 23.0 Å². The summed E-state index contributed by atoms with van der Waals surface area (Å²) in [7, 11) is 3.20. The summed E-state index contributed by atoms with van der Waals surface area (Å²) in [5.41, 5.74) is 1.50. The van der Waals surface area contributed by atoms with Gasteiger partial charge in [-0.05, 0) is 30.3 Å². The molecule has 2 aromatic carbocycles. The maximum atomic E-state index is 6.01. The van der Waals surface area contributed by atoms with Crippen LogP contribution in [0.25, 0.3) is 11.5 Å². The average Bonchev–Trinajstić information content (AvgIpc) is 3.09. The average molecular weight is 346 g/mol. The number of nitrogens with zero attached hydrogens (tertiary/aromatic N) is 2. The van der Waals surface area contributed by atoms with Gasteiger partial charge in [-0.1, -0.05) is 23.7 Å². The Morgan fingerprint density at radius 3 is 2.62 bits per heavy atom. The Morgan fingerprint density at radius 1 is 1.04 bits per heavy atom. The molecular formula is C17H16ClN3O3. The van der Waals surface area contributed by atoms with Crippen LogP contribution in [0.5, 0.6) is 11.5 Å². The molecule has 0 atom stereocenters. The molecule has 0 amide bonds. The summed E-state index contributed by atoms with van der Waals surface area (Å²) in [4.78, 5) is 0. The van der Waals surface area contributed by atoms with E-state index in [-0.39, 0.29) is 0 Å². The molecule has 24 heavy (non-hydrogen) atoms. The number of methoxy groups -OCH3 is 2. The zero-order chi connectivity index (χ0) is 16.9. The van der Waals surface area contributed by atoms with Gasteiger partial charge in [-0.15, -0.1) is 10.2 Å². The lowest BCUT2D eigenvalue weighted by Crippen LogP contribution is -2.01. The highest BCUT2D eigenvalue weighted by atomic mass is 35.5. The maximum absolute atomic E-state index is 6.01. The molecule has 0 radical (unpaired) electrons. The lowest BCUT2D eigenvalue weighted by molar-refractivity contribution is 0.413. The largest absolute Gasteiger partial charge is 0.496 e. The number of hydrogen-bond acceptors (Lipinski definition) is 6. The monoisotopic (exact) mass is 345 g/mol. The Bertz CT molecular complexity index is 835. The van der Waals surface area contributed by atoms with Gasteiger partial charge in [-0.2, -0.15) is 0 Å². The van der Waals surface area contributed by atoms with Crippen molar-refractivity contribution < 1.29 is 13.9 Å². The van der Waals surface area contributed by atoms with E-state index in [9.17, 15) is 0 Å².